The van der Waals surface area contributed by atoms with Gasteiger partial charge in [-0.15, -0.1) is 0 Å². The van der Waals surface area contributed by atoms with Gasteiger partial charge in [0.2, 0.25) is 0 Å². The Bertz CT molecular complexity index is 677. The Kier molecular flexibility index (Phi) is 3.35. The van der Waals surface area contributed by atoms with E-state index >= 15 is 0 Å². The van der Waals surface area contributed by atoms with Crippen LogP contribution < -0.4 is 0 Å². The summed E-state index contributed by atoms with van der Waals surface area (Å²) in [5.74, 6) is -3.07. The van der Waals surface area contributed by atoms with E-state index in [1.165, 1.54) is 6.92 Å². The van der Waals surface area contributed by atoms with Crippen molar-refractivity contribution >= 4 is 23.3 Å². The molecule has 1 saturated heterocycles. The van der Waals surface area contributed by atoms with Gasteiger partial charge in [0, 0.05) is 30.6 Å². The topological polar surface area (TPSA) is 77.5 Å². The van der Waals surface area contributed by atoms with Crippen LogP contribution in [0.2, 0.25) is 0 Å². The van der Waals surface area contributed by atoms with Gasteiger partial charge in [-0.25, -0.2) is 0 Å². The van der Waals surface area contributed by atoms with Crippen LogP contribution in [0.5, 0.6) is 0 Å². The van der Waals surface area contributed by atoms with E-state index in [4.69, 9.17) is 4.74 Å². The normalized spacial score (nSPS) is 46.3. The maximum atomic E-state index is 12.9. The van der Waals surface area contributed by atoms with Crippen LogP contribution in [0.25, 0.3) is 0 Å². The van der Waals surface area contributed by atoms with Crippen LogP contribution in [-0.4, -0.2) is 29.4 Å². The fourth-order valence-electron chi connectivity index (χ4n) is 5.82. The molecule has 1 heterocycles. The highest BCUT2D eigenvalue weighted by Gasteiger charge is 2.67. The van der Waals surface area contributed by atoms with Crippen LogP contribution in [0, 0.1) is 41.4 Å². The molecule has 5 heteroatoms. The average Bonchev–Trinajstić information content (AvgIpc) is 2.66. The molecule has 24 heavy (non-hydrogen) atoms. The molecule has 0 aromatic rings. The Morgan fingerprint density at radius 1 is 1.00 bits per heavy atom. The molecule has 5 nitrogen and oxygen atoms in total. The van der Waals surface area contributed by atoms with Gasteiger partial charge in [0.1, 0.15) is 23.5 Å². The fourth-order valence-corrected chi connectivity index (χ4v) is 5.82. The standard InChI is InChI=1S/C19H22O5/c1-7(2)9-4-10-15-11-6-13(22)17(16(10)12(21)5-9)14(8(3)20)18(11)24-19(15)23/h9-11,14-18H,1,4-6H2,2-3H3/t9-,10+,11+,14?,15-,16+,17+,18-/m0/s1. The van der Waals surface area contributed by atoms with Crippen LogP contribution in [-0.2, 0) is 23.9 Å². The largest absolute Gasteiger partial charge is 0.461 e. The van der Waals surface area contributed by atoms with Crippen molar-refractivity contribution in [1.29, 1.82) is 0 Å². The first-order valence-electron chi connectivity index (χ1n) is 8.73. The molecular formula is C19H22O5. The van der Waals surface area contributed by atoms with Crippen LogP contribution in [0.4, 0.5) is 0 Å². The molecule has 1 aliphatic heterocycles. The lowest BCUT2D eigenvalue weighted by atomic mass is 9.61. The van der Waals surface area contributed by atoms with Crippen molar-refractivity contribution in [1.82, 2.24) is 0 Å². The van der Waals surface area contributed by atoms with Gasteiger partial charge < -0.3 is 4.74 Å². The first kappa shape index (κ1) is 15.7. The van der Waals surface area contributed by atoms with Crippen LogP contribution in [0.3, 0.4) is 0 Å². The number of allylic oxidation sites excluding steroid dienone is 1. The lowest BCUT2D eigenvalue weighted by molar-refractivity contribution is -0.161. The van der Waals surface area contributed by atoms with Crippen molar-refractivity contribution in [2.24, 2.45) is 41.4 Å². The monoisotopic (exact) mass is 330 g/mol. The molecule has 1 unspecified atom stereocenters. The van der Waals surface area contributed by atoms with Crippen LogP contribution >= 0.6 is 0 Å². The van der Waals surface area contributed by atoms with Crippen molar-refractivity contribution in [3.63, 3.8) is 0 Å². The Labute approximate surface area is 140 Å². The Hall–Kier alpha value is -1.78. The second-order valence-corrected chi connectivity index (χ2v) is 8.06. The summed E-state index contributed by atoms with van der Waals surface area (Å²) in [5, 5.41) is 0. The molecule has 128 valence electrons. The molecule has 5 fully saturated rings. The van der Waals surface area contributed by atoms with Gasteiger partial charge in [0.05, 0.1) is 11.8 Å². The molecule has 0 amide bonds. The van der Waals surface area contributed by atoms with E-state index in [9.17, 15) is 19.2 Å². The van der Waals surface area contributed by atoms with E-state index in [-0.39, 0.29) is 47.5 Å². The van der Waals surface area contributed by atoms with Crippen molar-refractivity contribution in [3.8, 4) is 0 Å². The Morgan fingerprint density at radius 2 is 1.67 bits per heavy atom. The van der Waals surface area contributed by atoms with Gasteiger partial charge in [-0.1, -0.05) is 12.2 Å². The second kappa shape index (κ2) is 5.11. The minimum Gasteiger partial charge on any atom is -0.461 e. The van der Waals surface area contributed by atoms with Crippen LogP contribution in [0.1, 0.15) is 33.1 Å². The predicted octanol–water partition coefficient (Wildman–Crippen LogP) is 1.74. The van der Waals surface area contributed by atoms with E-state index in [2.05, 4.69) is 6.58 Å². The number of hydrogen-bond acceptors (Lipinski definition) is 5. The Morgan fingerprint density at radius 3 is 2.29 bits per heavy atom. The SMILES string of the molecule is C=C(C)[C@@H]1CC(=O)[C@H]2[C@H](C1)[C@@H]1C(=O)O[C@@H]3C(C(C)=O)[C@H]2C(=O)C[C@H]13. The van der Waals surface area contributed by atoms with Crippen LogP contribution in [0.15, 0.2) is 12.2 Å². The minimum atomic E-state index is -0.648. The summed E-state index contributed by atoms with van der Waals surface area (Å²) in [7, 11) is 0. The molecule has 4 aliphatic carbocycles. The zero-order valence-corrected chi connectivity index (χ0v) is 14.0. The molecular weight excluding hydrogens is 308 g/mol. The number of ketones is 3. The lowest BCUT2D eigenvalue weighted by Gasteiger charge is -2.41. The van der Waals surface area contributed by atoms with Crippen molar-refractivity contribution in [3.05, 3.63) is 12.2 Å². The number of fused-ring (bicyclic) bond motifs is 1. The molecule has 4 saturated carbocycles. The van der Waals surface area contributed by atoms with Gasteiger partial charge in [-0.05, 0) is 32.1 Å². The highest BCUT2D eigenvalue weighted by molar-refractivity contribution is 5.98. The zero-order chi connectivity index (χ0) is 17.3. The van der Waals surface area contributed by atoms with E-state index < -0.39 is 29.8 Å². The molecule has 0 aromatic carbocycles. The molecule has 5 rings (SSSR count). The Balaban J connectivity index is 1.85. The van der Waals surface area contributed by atoms with E-state index in [0.717, 1.165) is 5.57 Å². The number of carbonyl (C=O) groups excluding carboxylic acids is 4. The molecule has 5 aliphatic rings. The first-order valence-corrected chi connectivity index (χ1v) is 8.73. The second-order valence-electron chi connectivity index (χ2n) is 8.06. The van der Waals surface area contributed by atoms with Gasteiger partial charge >= 0.3 is 5.97 Å². The fraction of sp³-hybridized carbons (Fsp3) is 0.684. The smallest absolute Gasteiger partial charge is 0.309 e. The van der Waals surface area contributed by atoms with E-state index in [1.54, 1.807) is 0 Å². The third kappa shape index (κ3) is 1.93. The average molecular weight is 330 g/mol. The number of hydrogen-bond donors (Lipinski definition) is 0. The third-order valence-corrected chi connectivity index (χ3v) is 6.81. The van der Waals surface area contributed by atoms with Gasteiger partial charge in [-0.2, -0.15) is 0 Å². The number of carbonyl (C=O) groups is 4. The van der Waals surface area contributed by atoms with Gasteiger partial charge in [0.25, 0.3) is 0 Å². The first-order chi connectivity index (χ1) is 11.3. The van der Waals surface area contributed by atoms with Crippen molar-refractivity contribution in [2.75, 3.05) is 0 Å². The van der Waals surface area contributed by atoms with Crippen molar-refractivity contribution in [2.45, 2.75) is 39.2 Å². The maximum absolute atomic E-state index is 12.9. The summed E-state index contributed by atoms with van der Waals surface area (Å²) in [6, 6.07) is 0. The highest BCUT2D eigenvalue weighted by atomic mass is 16.6. The minimum absolute atomic E-state index is 0.0184. The molecule has 4 bridgehead atoms. The summed E-state index contributed by atoms with van der Waals surface area (Å²) in [5.41, 5.74) is 0.941. The number of ether oxygens (including phenoxy) is 1. The van der Waals surface area contributed by atoms with Gasteiger partial charge in [-0.3, -0.25) is 19.2 Å². The summed E-state index contributed by atoms with van der Waals surface area (Å²) >= 11 is 0. The zero-order valence-electron chi connectivity index (χ0n) is 14.0. The van der Waals surface area contributed by atoms with Gasteiger partial charge in [0.15, 0.2) is 0 Å². The van der Waals surface area contributed by atoms with Crippen molar-refractivity contribution < 1.29 is 23.9 Å². The number of esters is 1. The summed E-state index contributed by atoms with van der Waals surface area (Å²) < 4.78 is 5.56. The third-order valence-electron chi connectivity index (χ3n) is 6.81. The van der Waals surface area contributed by atoms with E-state index in [1.807, 2.05) is 6.92 Å². The number of rotatable bonds is 2. The van der Waals surface area contributed by atoms with E-state index in [0.29, 0.717) is 12.8 Å². The predicted molar refractivity (Wildman–Crippen MR) is 83.7 cm³/mol. The molecule has 0 spiro atoms. The maximum Gasteiger partial charge on any atom is 0.309 e. The number of Topliss-reactive ketones (excluding diaryl/α,β-unsaturated/α-hetero) is 3. The lowest BCUT2D eigenvalue weighted by Crippen LogP contribution is -2.50. The molecule has 0 radical (unpaired) electrons. The molecule has 0 N–H and O–H groups in total. The molecule has 0 aromatic heterocycles. The highest BCUT2D eigenvalue weighted by Crippen LogP contribution is 2.58. The summed E-state index contributed by atoms with van der Waals surface area (Å²) in [6.45, 7) is 7.33. The summed E-state index contributed by atoms with van der Waals surface area (Å²) in [6.07, 6.45) is 0.781. The quantitative estimate of drug-likeness (QED) is 0.569. The molecule has 8 atom stereocenters. The summed E-state index contributed by atoms with van der Waals surface area (Å²) in [4.78, 5) is 50.5.